The molecule has 1 amide bonds. The maximum absolute atomic E-state index is 11.5. The average molecular weight is 216 g/mol. The largest absolute Gasteiger partial charge is 0.396 e. The lowest BCUT2D eigenvalue weighted by Gasteiger charge is -2.19. The van der Waals surface area contributed by atoms with E-state index in [1.165, 1.54) is 0 Å². The van der Waals surface area contributed by atoms with E-state index < -0.39 is 0 Å². The minimum atomic E-state index is 0.0727. The summed E-state index contributed by atoms with van der Waals surface area (Å²) in [6.07, 6.45) is 0.727. The van der Waals surface area contributed by atoms with E-state index in [1.807, 2.05) is 11.8 Å². The second-order valence-electron chi connectivity index (χ2n) is 4.14. The minimum absolute atomic E-state index is 0.0727. The predicted octanol–water partition coefficient (Wildman–Crippen LogP) is 0.463. The first-order chi connectivity index (χ1) is 7.10. The van der Waals surface area contributed by atoms with Gasteiger partial charge in [0.15, 0.2) is 0 Å². The van der Waals surface area contributed by atoms with Crippen LogP contribution in [-0.4, -0.2) is 48.7 Å². The van der Waals surface area contributed by atoms with Crippen molar-refractivity contribution < 1.29 is 9.90 Å². The molecule has 0 aromatic heterocycles. The van der Waals surface area contributed by atoms with E-state index in [-0.39, 0.29) is 12.5 Å². The summed E-state index contributed by atoms with van der Waals surface area (Å²) in [6, 6.07) is 0. The van der Waals surface area contributed by atoms with E-state index in [0.29, 0.717) is 12.5 Å². The summed E-state index contributed by atoms with van der Waals surface area (Å²) in [4.78, 5) is 13.5. The molecule has 0 aromatic rings. The van der Waals surface area contributed by atoms with Crippen LogP contribution in [0.5, 0.6) is 0 Å². The van der Waals surface area contributed by atoms with Crippen molar-refractivity contribution in [3.8, 4) is 0 Å². The molecule has 0 aromatic carbocycles. The molecule has 0 unspecified atom stereocenters. The van der Waals surface area contributed by atoms with Gasteiger partial charge in [0.2, 0.25) is 5.91 Å². The summed E-state index contributed by atoms with van der Waals surface area (Å²) in [5.74, 6) is 0.560. The molecule has 0 aliphatic rings. The lowest BCUT2D eigenvalue weighted by Crippen LogP contribution is -2.39. The van der Waals surface area contributed by atoms with Crippen molar-refractivity contribution in [3.05, 3.63) is 0 Å². The number of amides is 1. The van der Waals surface area contributed by atoms with Crippen LogP contribution in [0.1, 0.15) is 27.2 Å². The van der Waals surface area contributed by atoms with Crippen molar-refractivity contribution in [3.63, 3.8) is 0 Å². The molecule has 0 saturated carbocycles. The monoisotopic (exact) mass is 216 g/mol. The Labute approximate surface area is 92.7 Å². The van der Waals surface area contributed by atoms with Gasteiger partial charge in [0.05, 0.1) is 6.54 Å². The zero-order valence-corrected chi connectivity index (χ0v) is 10.1. The summed E-state index contributed by atoms with van der Waals surface area (Å²) in [5.41, 5.74) is 0. The van der Waals surface area contributed by atoms with Gasteiger partial charge in [0.1, 0.15) is 0 Å². The van der Waals surface area contributed by atoms with Gasteiger partial charge in [0.25, 0.3) is 0 Å². The van der Waals surface area contributed by atoms with Gasteiger partial charge in [0, 0.05) is 19.7 Å². The van der Waals surface area contributed by atoms with Gasteiger partial charge in [-0.1, -0.05) is 20.8 Å². The second-order valence-corrected chi connectivity index (χ2v) is 4.14. The first-order valence-electron chi connectivity index (χ1n) is 5.70. The van der Waals surface area contributed by atoms with Gasteiger partial charge in [-0.05, 0) is 18.9 Å². The van der Waals surface area contributed by atoms with Crippen LogP contribution in [0.25, 0.3) is 0 Å². The Bertz CT molecular complexity index is 172. The average Bonchev–Trinajstić information content (AvgIpc) is 2.21. The summed E-state index contributed by atoms with van der Waals surface area (Å²) in [6.45, 7) is 9.14. The molecular weight excluding hydrogens is 192 g/mol. The molecule has 0 rings (SSSR count). The lowest BCUT2D eigenvalue weighted by atomic mass is 10.2. The quantitative estimate of drug-likeness (QED) is 0.620. The number of carbonyl (C=O) groups excluding carboxylic acids is 1. The van der Waals surface area contributed by atoms with E-state index in [9.17, 15) is 4.79 Å². The van der Waals surface area contributed by atoms with Crippen LogP contribution in [-0.2, 0) is 4.79 Å². The first kappa shape index (κ1) is 14.4. The molecule has 90 valence electrons. The number of likely N-dealkylation sites (N-methyl/N-ethyl adjacent to an activating group) is 1. The van der Waals surface area contributed by atoms with Crippen molar-refractivity contribution in [1.82, 2.24) is 10.2 Å². The van der Waals surface area contributed by atoms with Crippen molar-refractivity contribution in [1.29, 1.82) is 0 Å². The summed E-state index contributed by atoms with van der Waals surface area (Å²) in [5, 5.41) is 11.6. The standard InChI is InChI=1S/C11H24N2O2/c1-4-13(6-5-7-14)9-11(15)12-8-10(2)3/h10,14H,4-9H2,1-3H3,(H,12,15). The molecule has 0 heterocycles. The maximum Gasteiger partial charge on any atom is 0.234 e. The Hall–Kier alpha value is -0.610. The normalized spacial score (nSPS) is 11.1. The molecule has 0 aliphatic carbocycles. The van der Waals surface area contributed by atoms with Crippen molar-refractivity contribution in [2.45, 2.75) is 27.2 Å². The van der Waals surface area contributed by atoms with E-state index in [0.717, 1.165) is 26.1 Å². The summed E-state index contributed by atoms with van der Waals surface area (Å²) < 4.78 is 0. The van der Waals surface area contributed by atoms with E-state index in [1.54, 1.807) is 0 Å². The fourth-order valence-corrected chi connectivity index (χ4v) is 1.22. The van der Waals surface area contributed by atoms with E-state index in [4.69, 9.17) is 5.11 Å². The highest BCUT2D eigenvalue weighted by Crippen LogP contribution is 1.92. The number of aliphatic hydroxyl groups is 1. The lowest BCUT2D eigenvalue weighted by molar-refractivity contribution is -0.122. The number of rotatable bonds is 8. The molecule has 0 aliphatic heterocycles. The SMILES string of the molecule is CCN(CCCO)CC(=O)NCC(C)C. The molecule has 0 radical (unpaired) electrons. The Kier molecular flexibility index (Phi) is 8.33. The van der Waals surface area contributed by atoms with Crippen molar-refractivity contribution >= 4 is 5.91 Å². The number of nitrogens with zero attached hydrogens (tertiary/aromatic N) is 1. The highest BCUT2D eigenvalue weighted by Gasteiger charge is 2.08. The molecule has 4 heteroatoms. The van der Waals surface area contributed by atoms with Gasteiger partial charge in [-0.3, -0.25) is 9.69 Å². The van der Waals surface area contributed by atoms with Gasteiger partial charge >= 0.3 is 0 Å². The molecule has 4 nitrogen and oxygen atoms in total. The Morgan fingerprint density at radius 2 is 2.13 bits per heavy atom. The van der Waals surface area contributed by atoms with Crippen molar-refractivity contribution in [2.75, 3.05) is 32.8 Å². The Morgan fingerprint density at radius 1 is 1.47 bits per heavy atom. The van der Waals surface area contributed by atoms with Crippen LogP contribution in [0.2, 0.25) is 0 Å². The molecule has 0 saturated heterocycles. The Morgan fingerprint density at radius 3 is 2.60 bits per heavy atom. The topological polar surface area (TPSA) is 52.6 Å². The Balaban J connectivity index is 3.70. The van der Waals surface area contributed by atoms with Crippen LogP contribution in [0, 0.1) is 5.92 Å². The summed E-state index contributed by atoms with van der Waals surface area (Å²) >= 11 is 0. The number of carbonyl (C=O) groups is 1. The van der Waals surface area contributed by atoms with Gasteiger partial charge in [-0.25, -0.2) is 0 Å². The minimum Gasteiger partial charge on any atom is -0.396 e. The zero-order chi connectivity index (χ0) is 11.7. The van der Waals surface area contributed by atoms with Crippen LogP contribution < -0.4 is 5.32 Å². The van der Waals surface area contributed by atoms with Crippen LogP contribution in [0.3, 0.4) is 0 Å². The third kappa shape index (κ3) is 8.39. The molecule has 0 atom stereocenters. The number of aliphatic hydroxyl groups excluding tert-OH is 1. The van der Waals surface area contributed by atoms with Crippen LogP contribution in [0.4, 0.5) is 0 Å². The predicted molar refractivity (Wildman–Crippen MR) is 61.7 cm³/mol. The highest BCUT2D eigenvalue weighted by atomic mass is 16.3. The number of hydrogen-bond acceptors (Lipinski definition) is 3. The number of hydrogen-bond donors (Lipinski definition) is 2. The van der Waals surface area contributed by atoms with E-state index >= 15 is 0 Å². The van der Waals surface area contributed by atoms with Gasteiger partial charge in [-0.2, -0.15) is 0 Å². The van der Waals surface area contributed by atoms with E-state index in [2.05, 4.69) is 19.2 Å². The molecular formula is C11H24N2O2. The maximum atomic E-state index is 11.5. The van der Waals surface area contributed by atoms with Crippen LogP contribution in [0.15, 0.2) is 0 Å². The van der Waals surface area contributed by atoms with Crippen molar-refractivity contribution in [2.24, 2.45) is 5.92 Å². The first-order valence-corrected chi connectivity index (χ1v) is 5.70. The highest BCUT2D eigenvalue weighted by molar-refractivity contribution is 5.77. The molecule has 0 bridgehead atoms. The molecule has 0 fully saturated rings. The number of nitrogens with one attached hydrogen (secondary N) is 1. The van der Waals surface area contributed by atoms with Gasteiger partial charge in [-0.15, -0.1) is 0 Å². The fourth-order valence-electron chi connectivity index (χ4n) is 1.22. The van der Waals surface area contributed by atoms with Gasteiger partial charge < -0.3 is 10.4 Å². The fraction of sp³-hybridized carbons (Fsp3) is 0.909. The smallest absolute Gasteiger partial charge is 0.234 e. The third-order valence-corrected chi connectivity index (χ3v) is 2.15. The van der Waals surface area contributed by atoms with Crippen LogP contribution >= 0.6 is 0 Å². The molecule has 2 N–H and O–H groups in total. The molecule has 15 heavy (non-hydrogen) atoms. The zero-order valence-electron chi connectivity index (χ0n) is 10.1. The molecule has 0 spiro atoms. The third-order valence-electron chi connectivity index (χ3n) is 2.15. The summed E-state index contributed by atoms with van der Waals surface area (Å²) in [7, 11) is 0. The second kappa shape index (κ2) is 8.68.